The fraction of sp³-hybridized carbons (Fsp3) is 0.306. The second-order valence-electron chi connectivity index (χ2n) is 22.7. The molecule has 0 unspecified atom stereocenters. The van der Waals surface area contributed by atoms with Crippen molar-refractivity contribution in [3.8, 4) is 0 Å². The van der Waals surface area contributed by atoms with E-state index < -0.39 is 83.6 Å². The summed E-state index contributed by atoms with van der Waals surface area (Å²) < 4.78 is 0. The van der Waals surface area contributed by atoms with Crippen molar-refractivity contribution in [1.82, 2.24) is 34.3 Å². The second-order valence-corrected chi connectivity index (χ2v) is 22.7. The highest BCUT2D eigenvalue weighted by Gasteiger charge is 2.44. The van der Waals surface area contributed by atoms with E-state index in [1.54, 1.807) is 14.1 Å². The highest BCUT2D eigenvalue weighted by Crippen LogP contribution is 2.24. The van der Waals surface area contributed by atoms with Gasteiger partial charge in [-0.25, -0.2) is 0 Å². The molecule has 16 heteroatoms. The van der Waals surface area contributed by atoms with Crippen molar-refractivity contribution in [2.24, 2.45) is 5.73 Å². The Morgan fingerprint density at radius 1 is 0.250 bits per heavy atom. The number of hydrogen-bond donors (Lipinski definition) is 1. The van der Waals surface area contributed by atoms with Gasteiger partial charge >= 0.3 is 0 Å². The molecule has 0 aromatic heterocycles. The van der Waals surface area contributed by atoms with Crippen LogP contribution in [0, 0.1) is 0 Å². The summed E-state index contributed by atoms with van der Waals surface area (Å²) in [6.07, 6.45) is 0.461. The van der Waals surface area contributed by atoms with E-state index in [1.165, 1.54) is 76.5 Å². The first-order valence-electron chi connectivity index (χ1n) is 29.7. The van der Waals surface area contributed by atoms with E-state index in [2.05, 4.69) is 0 Å². The maximum Gasteiger partial charge on any atom is 0.246 e. The van der Waals surface area contributed by atoms with Crippen LogP contribution in [-0.2, 0) is 83.3 Å². The predicted octanol–water partition coefficient (Wildman–Crippen LogP) is 6.98. The van der Waals surface area contributed by atoms with Crippen molar-refractivity contribution in [3.05, 3.63) is 251 Å². The standard InChI is InChI=1S/C72H82N8O8/c1-51(81)74(2)60(45-53-32-18-10-19-33-53)67(83)76(4)62(47-55-36-22-12-23-37-55)69(85)78(6)64(49-57-40-26-14-27-41-57)71(87)80(8)65(50-58-42-28-15-29-43-58)72(88)79(7)63(48-56-38-24-13-25-39-56)70(86)77(5)61(46-54-34-20-11-21-35-54)68(84)75(3)59(66(73)82)44-52-30-16-9-17-31-52/h9-43,59-65H,44-50H2,1-8H3,(H2,73,82)/t59-,60-,61-,62-,63-,64-,65-/m0/s1. The first kappa shape index (κ1) is 65.8. The Bertz CT molecular complexity index is 3420. The Morgan fingerprint density at radius 3 is 0.534 bits per heavy atom. The maximum atomic E-state index is 15.9. The van der Waals surface area contributed by atoms with Gasteiger partial charge in [-0.3, -0.25) is 38.4 Å². The Hall–Kier alpha value is -9.70. The van der Waals surface area contributed by atoms with E-state index in [1.807, 2.05) is 212 Å². The molecule has 0 heterocycles. The molecule has 7 aromatic carbocycles. The van der Waals surface area contributed by atoms with Crippen LogP contribution >= 0.6 is 0 Å². The van der Waals surface area contributed by atoms with Gasteiger partial charge in [0.2, 0.25) is 47.3 Å². The summed E-state index contributed by atoms with van der Waals surface area (Å²) in [4.78, 5) is 129. The molecule has 7 aromatic rings. The first-order valence-corrected chi connectivity index (χ1v) is 29.7. The summed E-state index contributed by atoms with van der Waals surface area (Å²) in [5.74, 6) is -4.40. The number of carbonyl (C=O) groups excluding carboxylic acids is 8. The van der Waals surface area contributed by atoms with Crippen LogP contribution in [0.4, 0.5) is 0 Å². The Morgan fingerprint density at radius 2 is 0.386 bits per heavy atom. The highest BCUT2D eigenvalue weighted by atomic mass is 16.2. The molecular formula is C72H82N8O8. The first-order chi connectivity index (χ1) is 42.2. The Balaban J connectivity index is 1.27. The lowest BCUT2D eigenvalue weighted by Crippen LogP contribution is -2.62. The fourth-order valence-corrected chi connectivity index (χ4v) is 11.2. The van der Waals surface area contributed by atoms with E-state index in [9.17, 15) is 14.4 Å². The number of benzene rings is 7. The number of nitrogens with zero attached hydrogens (tertiary/aromatic N) is 7. The fourth-order valence-electron chi connectivity index (χ4n) is 11.2. The molecule has 88 heavy (non-hydrogen) atoms. The maximum absolute atomic E-state index is 15.9. The number of nitrogens with two attached hydrogens (primary N) is 1. The van der Waals surface area contributed by atoms with Crippen molar-refractivity contribution in [3.63, 3.8) is 0 Å². The minimum Gasteiger partial charge on any atom is -0.368 e. The summed E-state index contributed by atoms with van der Waals surface area (Å²) in [6, 6.07) is 56.4. The zero-order valence-corrected chi connectivity index (χ0v) is 51.7. The molecule has 0 aliphatic heterocycles. The van der Waals surface area contributed by atoms with Crippen molar-refractivity contribution in [2.45, 2.75) is 94.2 Å². The Kier molecular flexibility index (Phi) is 23.7. The largest absolute Gasteiger partial charge is 0.368 e. The monoisotopic (exact) mass is 1190 g/mol. The van der Waals surface area contributed by atoms with Gasteiger partial charge in [0.05, 0.1) is 0 Å². The number of amides is 8. The molecule has 0 radical (unpaired) electrons. The van der Waals surface area contributed by atoms with Gasteiger partial charge in [0.25, 0.3) is 0 Å². The second kappa shape index (κ2) is 31.6. The van der Waals surface area contributed by atoms with E-state index in [0.29, 0.717) is 11.1 Å². The lowest BCUT2D eigenvalue weighted by Gasteiger charge is -2.40. The molecule has 16 nitrogen and oxygen atoms in total. The van der Waals surface area contributed by atoms with Crippen LogP contribution in [0.15, 0.2) is 212 Å². The zero-order chi connectivity index (χ0) is 63.4. The summed E-state index contributed by atoms with van der Waals surface area (Å²) in [6.45, 7) is 1.39. The minimum atomic E-state index is -1.27. The average molecular weight is 1190 g/mol. The van der Waals surface area contributed by atoms with E-state index in [0.717, 1.165) is 27.8 Å². The molecule has 0 saturated carbocycles. The molecule has 0 bridgehead atoms. The number of likely N-dealkylation sites (N-methyl/N-ethyl adjacent to an activating group) is 7. The summed E-state index contributed by atoms with van der Waals surface area (Å²) >= 11 is 0. The number of rotatable bonds is 28. The number of hydrogen-bond acceptors (Lipinski definition) is 8. The van der Waals surface area contributed by atoms with Crippen molar-refractivity contribution in [1.29, 1.82) is 0 Å². The molecule has 8 amide bonds. The van der Waals surface area contributed by atoms with Crippen LogP contribution in [0.1, 0.15) is 45.9 Å². The summed E-state index contributed by atoms with van der Waals surface area (Å²) in [5, 5.41) is 0. The van der Waals surface area contributed by atoms with Gasteiger partial charge in [-0.05, 0) is 38.9 Å². The van der Waals surface area contributed by atoms with Crippen molar-refractivity contribution < 1.29 is 38.4 Å². The molecule has 7 atom stereocenters. The van der Waals surface area contributed by atoms with Crippen molar-refractivity contribution >= 4 is 47.3 Å². The van der Waals surface area contributed by atoms with Crippen LogP contribution in [0.25, 0.3) is 0 Å². The number of carbonyl (C=O) groups is 8. The molecule has 0 fully saturated rings. The topological polar surface area (TPSA) is 185 Å². The molecule has 7 rings (SSSR count). The van der Waals surface area contributed by atoms with Crippen LogP contribution < -0.4 is 5.73 Å². The predicted molar refractivity (Wildman–Crippen MR) is 342 cm³/mol. The summed E-state index contributed by atoms with van der Waals surface area (Å²) in [5.41, 5.74) is 11.3. The SMILES string of the molecule is CC(=O)N(C)[C@@H](Cc1ccccc1)C(=O)N(C)[C@@H](Cc1ccccc1)C(=O)N(C)[C@@H](Cc1ccccc1)C(=O)N(C)[C@@H](Cc1ccccc1)C(=O)N(C)[C@@H](Cc1ccccc1)C(=O)N(C)[C@@H](Cc1ccccc1)C(=O)N(C)[C@@H](Cc1ccccc1)C(N)=O. The minimum absolute atomic E-state index is 0.000230. The van der Waals surface area contributed by atoms with Crippen molar-refractivity contribution in [2.75, 3.05) is 49.3 Å². The highest BCUT2D eigenvalue weighted by molar-refractivity contribution is 5.98. The van der Waals surface area contributed by atoms with Gasteiger partial charge in [0, 0.05) is 101 Å². The third-order valence-corrected chi connectivity index (χ3v) is 16.8. The van der Waals surface area contributed by atoms with Gasteiger partial charge in [-0.1, -0.05) is 212 Å². The molecule has 0 aliphatic rings. The van der Waals surface area contributed by atoms with E-state index in [4.69, 9.17) is 5.73 Å². The molecule has 0 saturated heterocycles. The van der Waals surface area contributed by atoms with Crippen LogP contribution in [0.2, 0.25) is 0 Å². The van der Waals surface area contributed by atoms with Gasteiger partial charge in [-0.15, -0.1) is 0 Å². The normalized spacial score (nSPS) is 13.4. The lowest BCUT2D eigenvalue weighted by molar-refractivity contribution is -0.156. The quantitative estimate of drug-likeness (QED) is 0.0545. The third kappa shape index (κ3) is 17.3. The zero-order valence-electron chi connectivity index (χ0n) is 51.7. The molecule has 0 spiro atoms. The van der Waals surface area contributed by atoms with Crippen LogP contribution in [0.5, 0.6) is 0 Å². The van der Waals surface area contributed by atoms with Crippen LogP contribution in [0.3, 0.4) is 0 Å². The van der Waals surface area contributed by atoms with Gasteiger partial charge in [0.15, 0.2) is 0 Å². The average Bonchev–Trinajstić information content (AvgIpc) is 2.11. The smallest absolute Gasteiger partial charge is 0.246 e. The van der Waals surface area contributed by atoms with Gasteiger partial charge in [-0.2, -0.15) is 0 Å². The molecule has 458 valence electrons. The van der Waals surface area contributed by atoms with Gasteiger partial charge in [0.1, 0.15) is 42.3 Å². The molecule has 2 N–H and O–H groups in total. The third-order valence-electron chi connectivity index (χ3n) is 16.8. The van der Waals surface area contributed by atoms with E-state index >= 15 is 24.0 Å². The summed E-state index contributed by atoms with van der Waals surface area (Å²) in [7, 11) is 10.7. The lowest BCUT2D eigenvalue weighted by atomic mass is 9.96. The molecular weight excluding hydrogens is 1100 g/mol. The molecule has 0 aliphatic carbocycles. The van der Waals surface area contributed by atoms with E-state index in [-0.39, 0.29) is 50.9 Å². The number of primary amides is 1. The van der Waals surface area contributed by atoms with Crippen LogP contribution in [-0.4, -0.2) is 173 Å². The Labute approximate surface area is 518 Å². The van der Waals surface area contributed by atoms with Gasteiger partial charge < -0.3 is 40.0 Å².